The van der Waals surface area contributed by atoms with Gasteiger partial charge in [0.15, 0.2) is 0 Å². The number of hydrogen-bond donors (Lipinski definition) is 1. The zero-order valence-electron chi connectivity index (χ0n) is 11.5. The van der Waals surface area contributed by atoms with Gasteiger partial charge in [0.05, 0.1) is 12.2 Å². The highest BCUT2D eigenvalue weighted by Crippen LogP contribution is 2.16. The Kier molecular flexibility index (Phi) is 3.69. The summed E-state index contributed by atoms with van der Waals surface area (Å²) < 4.78 is 8.04. The van der Waals surface area contributed by atoms with Crippen molar-refractivity contribution in [2.45, 2.75) is 52.2 Å². The molecule has 0 bridgehead atoms. The molecule has 0 spiro atoms. The Morgan fingerprint density at radius 3 is 3.00 bits per heavy atom. The number of nitrogens with zero attached hydrogens (tertiary/aromatic N) is 2. The first-order chi connectivity index (χ1) is 9.36. The van der Waals surface area contributed by atoms with E-state index in [0.29, 0.717) is 0 Å². The Bertz CT molecular complexity index is 541. The molecule has 3 rings (SSSR count). The minimum Gasteiger partial charge on any atom is -0.465 e. The van der Waals surface area contributed by atoms with E-state index in [9.17, 15) is 0 Å². The standard InChI is InChI=1S/C15H21N3O/c1-2-13-6-7-14(19-13)11-16-9-12-10-17-15-5-3-4-8-18(12)15/h6-7,10,16H,2-5,8-9,11H2,1H3. The van der Waals surface area contributed by atoms with Crippen LogP contribution in [0.5, 0.6) is 0 Å². The summed E-state index contributed by atoms with van der Waals surface area (Å²) in [5.74, 6) is 3.31. The van der Waals surface area contributed by atoms with Crippen LogP contribution in [0.2, 0.25) is 0 Å². The molecule has 1 aliphatic rings. The van der Waals surface area contributed by atoms with E-state index >= 15 is 0 Å². The van der Waals surface area contributed by atoms with Gasteiger partial charge in [-0.15, -0.1) is 0 Å². The molecule has 2 aromatic heterocycles. The summed E-state index contributed by atoms with van der Waals surface area (Å²) in [6.07, 6.45) is 6.63. The van der Waals surface area contributed by atoms with Crippen molar-refractivity contribution in [2.75, 3.05) is 0 Å². The number of rotatable bonds is 5. The maximum Gasteiger partial charge on any atom is 0.117 e. The molecule has 2 aromatic rings. The maximum absolute atomic E-state index is 5.68. The molecule has 0 fully saturated rings. The van der Waals surface area contributed by atoms with Crippen LogP contribution in [-0.4, -0.2) is 9.55 Å². The molecule has 1 aliphatic heterocycles. The van der Waals surface area contributed by atoms with Crippen molar-refractivity contribution in [3.05, 3.63) is 41.4 Å². The van der Waals surface area contributed by atoms with Crippen molar-refractivity contribution in [2.24, 2.45) is 0 Å². The molecule has 1 N–H and O–H groups in total. The zero-order chi connectivity index (χ0) is 13.1. The van der Waals surface area contributed by atoms with Crippen molar-refractivity contribution in [1.82, 2.24) is 14.9 Å². The molecule has 102 valence electrons. The highest BCUT2D eigenvalue weighted by Gasteiger charge is 2.13. The Morgan fingerprint density at radius 1 is 1.26 bits per heavy atom. The Hall–Kier alpha value is -1.55. The van der Waals surface area contributed by atoms with Gasteiger partial charge in [-0.25, -0.2) is 4.98 Å². The molecule has 0 saturated carbocycles. The van der Waals surface area contributed by atoms with E-state index in [1.165, 1.54) is 24.4 Å². The number of hydrogen-bond acceptors (Lipinski definition) is 3. The van der Waals surface area contributed by atoms with Crippen molar-refractivity contribution in [3.8, 4) is 0 Å². The fraction of sp³-hybridized carbons (Fsp3) is 0.533. The van der Waals surface area contributed by atoms with Gasteiger partial charge in [0.25, 0.3) is 0 Å². The van der Waals surface area contributed by atoms with E-state index in [-0.39, 0.29) is 0 Å². The highest BCUT2D eigenvalue weighted by atomic mass is 16.3. The highest BCUT2D eigenvalue weighted by molar-refractivity contribution is 5.09. The normalized spacial score (nSPS) is 14.6. The smallest absolute Gasteiger partial charge is 0.117 e. The summed E-state index contributed by atoms with van der Waals surface area (Å²) in [4.78, 5) is 4.50. The van der Waals surface area contributed by atoms with Crippen LogP contribution in [0.3, 0.4) is 0 Å². The Labute approximate surface area is 113 Å². The molecule has 19 heavy (non-hydrogen) atoms. The Morgan fingerprint density at radius 2 is 2.16 bits per heavy atom. The van der Waals surface area contributed by atoms with Crippen LogP contribution in [0.4, 0.5) is 0 Å². The lowest BCUT2D eigenvalue weighted by molar-refractivity contribution is 0.444. The molecule has 4 heteroatoms. The molecule has 0 aromatic carbocycles. The van der Waals surface area contributed by atoms with Crippen molar-refractivity contribution >= 4 is 0 Å². The van der Waals surface area contributed by atoms with Crippen LogP contribution in [0.25, 0.3) is 0 Å². The summed E-state index contributed by atoms with van der Waals surface area (Å²) in [6.45, 7) is 4.86. The van der Waals surface area contributed by atoms with Crippen LogP contribution in [-0.2, 0) is 32.5 Å². The van der Waals surface area contributed by atoms with Crippen LogP contribution in [0.1, 0.15) is 42.8 Å². The van der Waals surface area contributed by atoms with Crippen LogP contribution < -0.4 is 5.32 Å². The molecule has 3 heterocycles. The molecule has 0 radical (unpaired) electrons. The molecule has 0 unspecified atom stereocenters. The number of aryl methyl sites for hydroxylation is 2. The molecular weight excluding hydrogens is 238 g/mol. The number of aromatic nitrogens is 2. The zero-order valence-corrected chi connectivity index (χ0v) is 11.5. The second-order valence-electron chi connectivity index (χ2n) is 5.10. The number of furan rings is 1. The second-order valence-corrected chi connectivity index (χ2v) is 5.10. The molecule has 0 atom stereocenters. The first kappa shape index (κ1) is 12.5. The topological polar surface area (TPSA) is 43.0 Å². The quantitative estimate of drug-likeness (QED) is 0.897. The first-order valence-corrected chi connectivity index (χ1v) is 7.18. The average molecular weight is 259 g/mol. The van der Waals surface area contributed by atoms with Crippen LogP contribution >= 0.6 is 0 Å². The van der Waals surface area contributed by atoms with E-state index in [0.717, 1.165) is 44.0 Å². The van der Waals surface area contributed by atoms with Gasteiger partial charge < -0.3 is 14.3 Å². The lowest BCUT2D eigenvalue weighted by Gasteiger charge is -2.16. The van der Waals surface area contributed by atoms with Gasteiger partial charge in [-0.1, -0.05) is 6.92 Å². The first-order valence-electron chi connectivity index (χ1n) is 7.18. The molecule has 0 aliphatic carbocycles. The van der Waals surface area contributed by atoms with E-state index in [4.69, 9.17) is 4.42 Å². The third kappa shape index (κ3) is 2.73. The molecular formula is C15H21N3O. The molecule has 4 nitrogen and oxygen atoms in total. The minimum absolute atomic E-state index is 0.778. The lowest BCUT2D eigenvalue weighted by Crippen LogP contribution is -2.18. The van der Waals surface area contributed by atoms with Gasteiger partial charge in [-0.3, -0.25) is 0 Å². The third-order valence-corrected chi connectivity index (χ3v) is 3.72. The van der Waals surface area contributed by atoms with E-state index in [1.807, 2.05) is 6.20 Å². The van der Waals surface area contributed by atoms with Gasteiger partial charge in [-0.05, 0) is 25.0 Å². The van der Waals surface area contributed by atoms with Crippen molar-refractivity contribution in [1.29, 1.82) is 0 Å². The van der Waals surface area contributed by atoms with E-state index in [2.05, 4.69) is 33.9 Å². The SMILES string of the molecule is CCc1ccc(CNCc2cnc3n2CCCC3)o1. The van der Waals surface area contributed by atoms with Crippen molar-refractivity contribution < 1.29 is 4.42 Å². The molecule has 0 amide bonds. The number of imidazole rings is 1. The van der Waals surface area contributed by atoms with Gasteiger partial charge in [0.1, 0.15) is 17.3 Å². The van der Waals surface area contributed by atoms with Gasteiger partial charge in [0.2, 0.25) is 0 Å². The van der Waals surface area contributed by atoms with E-state index in [1.54, 1.807) is 0 Å². The lowest BCUT2D eigenvalue weighted by atomic mass is 10.1. The number of nitrogens with one attached hydrogen (secondary N) is 1. The minimum atomic E-state index is 0.778. The van der Waals surface area contributed by atoms with Crippen LogP contribution in [0.15, 0.2) is 22.7 Å². The fourth-order valence-electron chi connectivity index (χ4n) is 2.64. The predicted octanol–water partition coefficient (Wildman–Crippen LogP) is 2.66. The van der Waals surface area contributed by atoms with Gasteiger partial charge in [0, 0.05) is 32.1 Å². The largest absolute Gasteiger partial charge is 0.465 e. The summed E-state index contributed by atoms with van der Waals surface area (Å²) in [5, 5.41) is 3.44. The van der Waals surface area contributed by atoms with Crippen LogP contribution in [0, 0.1) is 0 Å². The van der Waals surface area contributed by atoms with Gasteiger partial charge >= 0.3 is 0 Å². The summed E-state index contributed by atoms with van der Waals surface area (Å²) in [6, 6.07) is 4.11. The van der Waals surface area contributed by atoms with E-state index < -0.39 is 0 Å². The van der Waals surface area contributed by atoms with Gasteiger partial charge in [-0.2, -0.15) is 0 Å². The summed E-state index contributed by atoms with van der Waals surface area (Å²) in [7, 11) is 0. The molecule has 0 saturated heterocycles. The number of fused-ring (bicyclic) bond motifs is 1. The maximum atomic E-state index is 5.68. The second kappa shape index (κ2) is 5.61. The Balaban J connectivity index is 1.56. The summed E-state index contributed by atoms with van der Waals surface area (Å²) >= 11 is 0. The predicted molar refractivity (Wildman–Crippen MR) is 73.8 cm³/mol. The van der Waals surface area contributed by atoms with Crippen molar-refractivity contribution in [3.63, 3.8) is 0 Å². The monoisotopic (exact) mass is 259 g/mol. The third-order valence-electron chi connectivity index (χ3n) is 3.72. The average Bonchev–Trinajstić information content (AvgIpc) is 3.06. The summed E-state index contributed by atoms with van der Waals surface area (Å²) in [5.41, 5.74) is 1.29. The fourth-order valence-corrected chi connectivity index (χ4v) is 2.64.